The van der Waals surface area contributed by atoms with Crippen molar-refractivity contribution < 1.29 is 4.74 Å². The number of nitrogens with zero attached hydrogens (tertiary/aromatic N) is 1. The number of fused-ring (bicyclic) bond motifs is 1. The molecule has 0 atom stereocenters. The molecule has 3 rings (SSSR count). The van der Waals surface area contributed by atoms with Gasteiger partial charge in [-0.1, -0.05) is 62.4 Å². The summed E-state index contributed by atoms with van der Waals surface area (Å²) in [6, 6.07) is 16.8. The van der Waals surface area contributed by atoms with E-state index in [1.165, 1.54) is 16.3 Å². The van der Waals surface area contributed by atoms with Crippen LogP contribution in [0, 0.1) is 12.8 Å². The smallest absolute Gasteiger partial charge is 0.125 e. The average Bonchev–Trinajstić information content (AvgIpc) is 2.62. The quantitative estimate of drug-likeness (QED) is 0.492. The number of ether oxygens (including phenoxy) is 1. The number of halogens is 1. The van der Waals surface area contributed by atoms with E-state index in [1.54, 1.807) is 0 Å². The summed E-state index contributed by atoms with van der Waals surface area (Å²) in [7, 11) is 0. The van der Waals surface area contributed by atoms with E-state index in [2.05, 4.69) is 73.4 Å². The van der Waals surface area contributed by atoms with Gasteiger partial charge in [0, 0.05) is 17.8 Å². The summed E-state index contributed by atoms with van der Waals surface area (Å²) in [6.45, 7) is 7.20. The lowest BCUT2D eigenvalue weighted by Gasteiger charge is -2.10. The van der Waals surface area contributed by atoms with Gasteiger partial charge in [-0.15, -0.1) is 12.4 Å². The van der Waals surface area contributed by atoms with Crippen LogP contribution in [0.1, 0.15) is 37.1 Å². The summed E-state index contributed by atoms with van der Waals surface area (Å²) in [5, 5.41) is 2.50. The number of benzene rings is 2. The van der Waals surface area contributed by atoms with Crippen LogP contribution in [0.5, 0.6) is 5.75 Å². The van der Waals surface area contributed by atoms with Crippen LogP contribution in [0.4, 0.5) is 0 Å². The number of pyridine rings is 1. The van der Waals surface area contributed by atoms with Gasteiger partial charge in [-0.25, -0.2) is 0 Å². The Morgan fingerprint density at radius 1 is 1.04 bits per heavy atom. The third-order valence-electron chi connectivity index (χ3n) is 4.28. The van der Waals surface area contributed by atoms with Gasteiger partial charge in [0.15, 0.2) is 0 Å². The fraction of sp³-hybridized carbons (Fsp3) is 0.261. The summed E-state index contributed by atoms with van der Waals surface area (Å²) in [4.78, 5) is 4.51. The van der Waals surface area contributed by atoms with Gasteiger partial charge in [-0.3, -0.25) is 4.98 Å². The van der Waals surface area contributed by atoms with Gasteiger partial charge >= 0.3 is 0 Å². The SMILES string of the molecule is Cc1cnc(/C=C\c2cccc3ccccc23)cc1OCCC(C)C.Cl. The Bertz CT molecular complexity index is 881. The molecule has 0 aliphatic heterocycles. The molecule has 1 aromatic heterocycles. The van der Waals surface area contributed by atoms with Gasteiger partial charge in [0.05, 0.1) is 12.3 Å². The molecule has 26 heavy (non-hydrogen) atoms. The summed E-state index contributed by atoms with van der Waals surface area (Å²) < 4.78 is 5.94. The van der Waals surface area contributed by atoms with E-state index in [0.29, 0.717) is 5.92 Å². The molecule has 0 saturated heterocycles. The van der Waals surface area contributed by atoms with Crippen LogP contribution >= 0.6 is 12.4 Å². The zero-order chi connectivity index (χ0) is 17.6. The van der Waals surface area contributed by atoms with E-state index in [0.717, 1.165) is 30.0 Å². The van der Waals surface area contributed by atoms with Gasteiger partial charge in [-0.2, -0.15) is 0 Å². The van der Waals surface area contributed by atoms with Crippen LogP contribution < -0.4 is 4.74 Å². The third kappa shape index (κ3) is 5.09. The van der Waals surface area contributed by atoms with Crippen molar-refractivity contribution in [3.05, 3.63) is 71.5 Å². The van der Waals surface area contributed by atoms with Crippen molar-refractivity contribution in [3.63, 3.8) is 0 Å². The van der Waals surface area contributed by atoms with Crippen molar-refractivity contribution in [1.29, 1.82) is 0 Å². The zero-order valence-electron chi connectivity index (χ0n) is 15.6. The Hall–Kier alpha value is -2.32. The molecule has 3 heteroatoms. The van der Waals surface area contributed by atoms with E-state index >= 15 is 0 Å². The summed E-state index contributed by atoms with van der Waals surface area (Å²) in [6.07, 6.45) is 7.12. The second kappa shape index (κ2) is 9.40. The van der Waals surface area contributed by atoms with Crippen molar-refractivity contribution in [2.24, 2.45) is 5.92 Å². The van der Waals surface area contributed by atoms with E-state index in [9.17, 15) is 0 Å². The van der Waals surface area contributed by atoms with Gasteiger partial charge in [-0.05, 0) is 41.7 Å². The molecule has 0 aliphatic carbocycles. The van der Waals surface area contributed by atoms with Crippen LogP contribution in [-0.2, 0) is 0 Å². The Morgan fingerprint density at radius 2 is 1.81 bits per heavy atom. The predicted molar refractivity (Wildman–Crippen MR) is 114 cm³/mol. The zero-order valence-corrected chi connectivity index (χ0v) is 16.4. The molecular weight excluding hydrogens is 342 g/mol. The number of rotatable bonds is 6. The van der Waals surface area contributed by atoms with Crippen LogP contribution in [0.3, 0.4) is 0 Å². The number of hydrogen-bond acceptors (Lipinski definition) is 2. The highest BCUT2D eigenvalue weighted by molar-refractivity contribution is 5.92. The second-order valence-corrected chi connectivity index (χ2v) is 6.81. The first-order chi connectivity index (χ1) is 12.1. The molecule has 0 amide bonds. The Labute approximate surface area is 162 Å². The molecule has 0 saturated carbocycles. The van der Waals surface area contributed by atoms with Gasteiger partial charge in [0.2, 0.25) is 0 Å². The molecule has 0 N–H and O–H groups in total. The first kappa shape index (κ1) is 20.0. The third-order valence-corrected chi connectivity index (χ3v) is 4.28. The molecule has 0 aliphatic rings. The standard InChI is InChI=1S/C23H25NO.ClH/c1-17(2)13-14-25-23-15-21(24-16-18(23)3)12-11-20-9-6-8-19-7-4-5-10-22(19)20;/h4-12,15-17H,13-14H2,1-3H3;1H/b12-11-;. The van der Waals surface area contributed by atoms with Crippen LogP contribution in [0.25, 0.3) is 22.9 Å². The molecule has 3 aromatic rings. The molecule has 0 radical (unpaired) electrons. The number of hydrogen-bond donors (Lipinski definition) is 0. The summed E-state index contributed by atoms with van der Waals surface area (Å²) in [5.41, 5.74) is 3.19. The predicted octanol–water partition coefficient (Wildman–Crippen LogP) is 6.56. The molecule has 136 valence electrons. The van der Waals surface area contributed by atoms with Crippen molar-refractivity contribution >= 4 is 35.3 Å². The molecule has 2 aromatic carbocycles. The minimum atomic E-state index is 0. The summed E-state index contributed by atoms with van der Waals surface area (Å²) >= 11 is 0. The van der Waals surface area contributed by atoms with Crippen molar-refractivity contribution in [1.82, 2.24) is 4.98 Å². The Morgan fingerprint density at radius 3 is 2.62 bits per heavy atom. The van der Waals surface area contributed by atoms with Crippen LogP contribution in [-0.4, -0.2) is 11.6 Å². The van der Waals surface area contributed by atoms with Gasteiger partial charge in [0.25, 0.3) is 0 Å². The lowest BCUT2D eigenvalue weighted by molar-refractivity contribution is 0.287. The summed E-state index contributed by atoms with van der Waals surface area (Å²) in [5.74, 6) is 1.57. The minimum Gasteiger partial charge on any atom is -0.493 e. The lowest BCUT2D eigenvalue weighted by atomic mass is 10.0. The van der Waals surface area contributed by atoms with Gasteiger partial charge < -0.3 is 4.74 Å². The first-order valence-corrected chi connectivity index (χ1v) is 8.89. The Balaban J connectivity index is 0.00000243. The fourth-order valence-corrected chi connectivity index (χ4v) is 2.74. The Kier molecular flexibility index (Phi) is 7.23. The van der Waals surface area contributed by atoms with E-state index in [4.69, 9.17) is 4.74 Å². The topological polar surface area (TPSA) is 22.1 Å². The molecule has 2 nitrogen and oxygen atoms in total. The minimum absolute atomic E-state index is 0. The van der Waals surface area contributed by atoms with Crippen molar-refractivity contribution in [2.75, 3.05) is 6.61 Å². The fourth-order valence-electron chi connectivity index (χ4n) is 2.74. The maximum atomic E-state index is 5.94. The van der Waals surface area contributed by atoms with E-state index in [-0.39, 0.29) is 12.4 Å². The first-order valence-electron chi connectivity index (χ1n) is 8.89. The average molecular weight is 368 g/mol. The molecule has 1 heterocycles. The maximum absolute atomic E-state index is 5.94. The van der Waals surface area contributed by atoms with Crippen molar-refractivity contribution in [2.45, 2.75) is 27.2 Å². The van der Waals surface area contributed by atoms with E-state index in [1.807, 2.05) is 19.2 Å². The molecule has 0 spiro atoms. The van der Waals surface area contributed by atoms with Crippen molar-refractivity contribution in [3.8, 4) is 5.75 Å². The largest absolute Gasteiger partial charge is 0.493 e. The number of aryl methyl sites for hydroxylation is 1. The molecule has 0 fully saturated rings. The number of aromatic nitrogens is 1. The second-order valence-electron chi connectivity index (χ2n) is 6.81. The van der Waals surface area contributed by atoms with Gasteiger partial charge in [0.1, 0.15) is 5.75 Å². The normalized spacial score (nSPS) is 11.1. The highest BCUT2D eigenvalue weighted by Gasteiger charge is 2.03. The molecule has 0 unspecified atom stereocenters. The highest BCUT2D eigenvalue weighted by atomic mass is 35.5. The molecular formula is C23H26ClNO. The molecule has 0 bridgehead atoms. The monoisotopic (exact) mass is 367 g/mol. The van der Waals surface area contributed by atoms with Crippen LogP contribution in [0.2, 0.25) is 0 Å². The highest BCUT2D eigenvalue weighted by Crippen LogP contribution is 2.22. The maximum Gasteiger partial charge on any atom is 0.125 e. The lowest BCUT2D eigenvalue weighted by Crippen LogP contribution is -2.03. The van der Waals surface area contributed by atoms with Crippen LogP contribution in [0.15, 0.2) is 54.7 Å². The van der Waals surface area contributed by atoms with E-state index < -0.39 is 0 Å².